The van der Waals surface area contributed by atoms with Gasteiger partial charge < -0.3 is 4.98 Å². The molecule has 24 heavy (non-hydrogen) atoms. The van der Waals surface area contributed by atoms with Crippen molar-refractivity contribution in [3.63, 3.8) is 0 Å². The Bertz CT molecular complexity index is 855. The van der Waals surface area contributed by atoms with Crippen molar-refractivity contribution in [2.24, 2.45) is 0 Å². The molecule has 5 heteroatoms. The van der Waals surface area contributed by atoms with Gasteiger partial charge in [0.25, 0.3) is 5.91 Å². The summed E-state index contributed by atoms with van der Waals surface area (Å²) in [5.41, 5.74) is 7.44. The minimum Gasteiger partial charge on any atom is -0.360 e. The van der Waals surface area contributed by atoms with Crippen LogP contribution < -0.4 is 10.9 Å². The molecule has 5 nitrogen and oxygen atoms in total. The third-order valence-corrected chi connectivity index (χ3v) is 4.01. The standard InChI is InChI=1S/C19H19N3O2/c1-13(14-7-3-2-4-8-14)11-18(23)21-22-19(24)16-12-20-17-10-6-5-9-15(16)17/h2-10,12-13,20H,11H2,1H3,(H,21,23)(H,22,24). The average molecular weight is 321 g/mol. The van der Waals surface area contributed by atoms with Gasteiger partial charge in [0, 0.05) is 23.5 Å². The molecule has 0 radical (unpaired) electrons. The van der Waals surface area contributed by atoms with E-state index >= 15 is 0 Å². The number of nitrogens with one attached hydrogen (secondary N) is 3. The van der Waals surface area contributed by atoms with Crippen LogP contribution in [0.15, 0.2) is 60.8 Å². The van der Waals surface area contributed by atoms with Crippen LogP contribution in [0.3, 0.4) is 0 Å². The number of para-hydroxylation sites is 1. The highest BCUT2D eigenvalue weighted by Crippen LogP contribution is 2.18. The smallest absolute Gasteiger partial charge is 0.271 e. The second-order valence-electron chi connectivity index (χ2n) is 5.77. The molecule has 0 fully saturated rings. The lowest BCUT2D eigenvalue weighted by molar-refractivity contribution is -0.122. The molecule has 0 saturated carbocycles. The minimum atomic E-state index is -0.340. The Morgan fingerprint density at radius 1 is 1.00 bits per heavy atom. The van der Waals surface area contributed by atoms with E-state index in [1.165, 1.54) is 0 Å². The van der Waals surface area contributed by atoms with Gasteiger partial charge in [-0.15, -0.1) is 0 Å². The van der Waals surface area contributed by atoms with Crippen LogP contribution in [0.25, 0.3) is 10.9 Å². The molecule has 122 valence electrons. The molecule has 1 unspecified atom stereocenters. The highest BCUT2D eigenvalue weighted by molar-refractivity contribution is 6.07. The number of aromatic nitrogens is 1. The molecule has 0 aliphatic heterocycles. The van der Waals surface area contributed by atoms with Gasteiger partial charge in [-0.3, -0.25) is 20.4 Å². The zero-order valence-electron chi connectivity index (χ0n) is 13.4. The number of rotatable bonds is 4. The molecule has 2 aromatic carbocycles. The van der Waals surface area contributed by atoms with Crippen molar-refractivity contribution < 1.29 is 9.59 Å². The Kier molecular flexibility index (Phi) is 4.61. The van der Waals surface area contributed by atoms with Crippen LogP contribution in [0, 0.1) is 0 Å². The topological polar surface area (TPSA) is 74.0 Å². The number of amides is 2. The maximum atomic E-state index is 12.2. The van der Waals surface area contributed by atoms with Gasteiger partial charge in [0.1, 0.15) is 0 Å². The van der Waals surface area contributed by atoms with E-state index in [4.69, 9.17) is 0 Å². The third-order valence-electron chi connectivity index (χ3n) is 4.01. The minimum absolute atomic E-state index is 0.0798. The van der Waals surface area contributed by atoms with Crippen LogP contribution in [-0.2, 0) is 4.79 Å². The van der Waals surface area contributed by atoms with E-state index in [0.29, 0.717) is 12.0 Å². The fourth-order valence-electron chi connectivity index (χ4n) is 2.68. The number of aromatic amines is 1. The lowest BCUT2D eigenvalue weighted by atomic mass is 9.98. The first-order chi connectivity index (χ1) is 11.6. The van der Waals surface area contributed by atoms with Gasteiger partial charge in [0.15, 0.2) is 0 Å². The maximum absolute atomic E-state index is 12.2. The van der Waals surface area contributed by atoms with Crippen molar-refractivity contribution >= 4 is 22.7 Å². The molecular formula is C19H19N3O2. The molecule has 3 aromatic rings. The van der Waals surface area contributed by atoms with E-state index in [-0.39, 0.29) is 17.7 Å². The fraction of sp³-hybridized carbons (Fsp3) is 0.158. The van der Waals surface area contributed by atoms with Crippen molar-refractivity contribution in [2.45, 2.75) is 19.3 Å². The molecule has 0 aliphatic rings. The predicted molar refractivity (Wildman–Crippen MR) is 93.4 cm³/mol. The number of fused-ring (bicyclic) bond motifs is 1. The molecule has 0 aliphatic carbocycles. The summed E-state index contributed by atoms with van der Waals surface area (Å²) in [5.74, 6) is -0.483. The molecule has 0 bridgehead atoms. The van der Waals surface area contributed by atoms with Gasteiger partial charge in [-0.25, -0.2) is 0 Å². The molecule has 0 spiro atoms. The van der Waals surface area contributed by atoms with Gasteiger partial charge in [-0.1, -0.05) is 55.5 Å². The van der Waals surface area contributed by atoms with E-state index in [1.54, 1.807) is 6.20 Å². The van der Waals surface area contributed by atoms with Crippen molar-refractivity contribution in [1.29, 1.82) is 0 Å². The third kappa shape index (κ3) is 3.46. The van der Waals surface area contributed by atoms with Gasteiger partial charge in [-0.2, -0.15) is 0 Å². The number of carbonyl (C=O) groups is 2. The highest BCUT2D eigenvalue weighted by atomic mass is 16.2. The highest BCUT2D eigenvalue weighted by Gasteiger charge is 2.14. The maximum Gasteiger partial charge on any atom is 0.271 e. The SMILES string of the molecule is CC(CC(=O)NNC(=O)c1c[nH]c2ccccc12)c1ccccc1. The van der Waals surface area contributed by atoms with Crippen LogP contribution in [0.2, 0.25) is 0 Å². The van der Waals surface area contributed by atoms with E-state index in [0.717, 1.165) is 16.5 Å². The molecule has 1 heterocycles. The molecule has 2 amide bonds. The van der Waals surface area contributed by atoms with Gasteiger partial charge in [0.2, 0.25) is 5.91 Å². The van der Waals surface area contributed by atoms with Crippen molar-refractivity contribution in [1.82, 2.24) is 15.8 Å². The summed E-state index contributed by atoms with van der Waals surface area (Å²) < 4.78 is 0. The normalized spacial score (nSPS) is 11.9. The summed E-state index contributed by atoms with van der Waals surface area (Å²) in [6, 6.07) is 17.3. The fourth-order valence-corrected chi connectivity index (χ4v) is 2.68. The van der Waals surface area contributed by atoms with Gasteiger partial charge in [0.05, 0.1) is 5.56 Å². The summed E-state index contributed by atoms with van der Waals surface area (Å²) in [7, 11) is 0. The lowest BCUT2D eigenvalue weighted by Gasteiger charge is -2.12. The van der Waals surface area contributed by atoms with Crippen molar-refractivity contribution in [2.75, 3.05) is 0 Å². The average Bonchev–Trinajstić information content (AvgIpc) is 3.04. The summed E-state index contributed by atoms with van der Waals surface area (Å²) in [6.07, 6.45) is 1.94. The van der Waals surface area contributed by atoms with E-state index in [1.807, 2.05) is 61.5 Å². The number of hydrogen-bond acceptors (Lipinski definition) is 2. The molecule has 0 saturated heterocycles. The Labute approximate surface area is 140 Å². The number of hydrazine groups is 1. The molecule has 3 N–H and O–H groups in total. The van der Waals surface area contributed by atoms with Crippen LogP contribution >= 0.6 is 0 Å². The van der Waals surface area contributed by atoms with Crippen LogP contribution in [-0.4, -0.2) is 16.8 Å². The number of benzene rings is 2. The molecule has 1 atom stereocenters. The quantitative estimate of drug-likeness (QED) is 0.646. The summed E-state index contributed by atoms with van der Waals surface area (Å²) in [6.45, 7) is 1.98. The number of carbonyl (C=O) groups excluding carboxylic acids is 2. The second kappa shape index (κ2) is 7.00. The summed E-state index contributed by atoms with van der Waals surface area (Å²) >= 11 is 0. The molecule has 1 aromatic heterocycles. The Hall–Kier alpha value is -3.08. The first-order valence-electron chi connectivity index (χ1n) is 7.85. The van der Waals surface area contributed by atoms with Crippen molar-refractivity contribution in [3.05, 3.63) is 71.9 Å². The van der Waals surface area contributed by atoms with Gasteiger partial charge >= 0.3 is 0 Å². The molecule has 3 rings (SSSR count). The van der Waals surface area contributed by atoms with Crippen LogP contribution in [0.1, 0.15) is 35.2 Å². The van der Waals surface area contributed by atoms with Crippen LogP contribution in [0.4, 0.5) is 0 Å². The first kappa shape index (κ1) is 15.8. The first-order valence-corrected chi connectivity index (χ1v) is 7.85. The lowest BCUT2D eigenvalue weighted by Crippen LogP contribution is -2.41. The van der Waals surface area contributed by atoms with Gasteiger partial charge in [-0.05, 0) is 17.5 Å². The van der Waals surface area contributed by atoms with Crippen molar-refractivity contribution in [3.8, 4) is 0 Å². The largest absolute Gasteiger partial charge is 0.360 e. The monoisotopic (exact) mass is 321 g/mol. The Morgan fingerprint density at radius 3 is 2.50 bits per heavy atom. The Balaban J connectivity index is 1.57. The van der Waals surface area contributed by atoms with E-state index < -0.39 is 0 Å². The second-order valence-corrected chi connectivity index (χ2v) is 5.77. The number of H-pyrrole nitrogens is 1. The summed E-state index contributed by atoms with van der Waals surface area (Å²) in [4.78, 5) is 27.3. The predicted octanol–water partition coefficient (Wildman–Crippen LogP) is 3.12. The van der Waals surface area contributed by atoms with E-state index in [2.05, 4.69) is 15.8 Å². The molecular weight excluding hydrogens is 302 g/mol. The van der Waals surface area contributed by atoms with E-state index in [9.17, 15) is 9.59 Å². The zero-order valence-corrected chi connectivity index (χ0v) is 13.4. The Morgan fingerprint density at radius 2 is 1.71 bits per heavy atom. The van der Waals surface area contributed by atoms with Crippen LogP contribution in [0.5, 0.6) is 0 Å². The summed E-state index contributed by atoms with van der Waals surface area (Å²) in [5, 5.41) is 0.821. The zero-order chi connectivity index (χ0) is 16.9. The number of hydrogen-bond donors (Lipinski definition) is 3.